The lowest BCUT2D eigenvalue weighted by Gasteiger charge is -2.31. The van der Waals surface area contributed by atoms with Crippen LogP contribution in [0.2, 0.25) is 0 Å². The Morgan fingerprint density at radius 3 is 2.76 bits per heavy atom. The molecule has 0 aromatic carbocycles. The average molecular weight is 408 g/mol. The van der Waals surface area contributed by atoms with Crippen molar-refractivity contribution in [2.24, 2.45) is 5.92 Å². The van der Waals surface area contributed by atoms with Gasteiger partial charge in [0.1, 0.15) is 5.82 Å². The highest BCUT2D eigenvalue weighted by molar-refractivity contribution is 9.10. The Bertz CT molecular complexity index is 635. The number of carbonyl (C=O) groups is 2. The molecule has 1 aliphatic heterocycles. The zero-order valence-electron chi connectivity index (χ0n) is 14.2. The van der Waals surface area contributed by atoms with E-state index in [4.69, 9.17) is 5.26 Å². The number of rotatable bonds is 6. The second-order valence-electron chi connectivity index (χ2n) is 6.12. The van der Waals surface area contributed by atoms with Crippen molar-refractivity contribution >= 4 is 33.6 Å². The van der Waals surface area contributed by atoms with Gasteiger partial charge in [-0.15, -0.1) is 0 Å². The number of hydrogen-bond acceptors (Lipinski definition) is 5. The van der Waals surface area contributed by atoms with E-state index in [1.807, 2.05) is 12.1 Å². The largest absolute Gasteiger partial charge is 0.344 e. The van der Waals surface area contributed by atoms with Crippen LogP contribution >= 0.6 is 15.9 Å². The van der Waals surface area contributed by atoms with Gasteiger partial charge in [-0.05, 0) is 54.0 Å². The lowest BCUT2D eigenvalue weighted by atomic mass is 9.96. The first kappa shape index (κ1) is 19.3. The molecule has 2 amide bonds. The van der Waals surface area contributed by atoms with E-state index in [9.17, 15) is 9.59 Å². The van der Waals surface area contributed by atoms with Gasteiger partial charge in [-0.3, -0.25) is 14.5 Å². The number of aromatic nitrogens is 1. The zero-order chi connectivity index (χ0) is 18.2. The molecule has 1 aliphatic rings. The van der Waals surface area contributed by atoms with Crippen LogP contribution in [-0.4, -0.2) is 59.8 Å². The van der Waals surface area contributed by atoms with Gasteiger partial charge in [0.25, 0.3) is 0 Å². The second-order valence-corrected chi connectivity index (χ2v) is 7.04. The molecule has 0 radical (unpaired) electrons. The lowest BCUT2D eigenvalue weighted by Crippen LogP contribution is -2.44. The molecule has 1 aromatic rings. The van der Waals surface area contributed by atoms with Crippen molar-refractivity contribution in [2.75, 3.05) is 38.5 Å². The highest BCUT2D eigenvalue weighted by atomic mass is 79.9. The Balaban J connectivity index is 1.75. The summed E-state index contributed by atoms with van der Waals surface area (Å²) in [5.41, 5.74) is 0. The summed E-state index contributed by atoms with van der Waals surface area (Å²) in [6.45, 7) is 2.21. The number of nitriles is 1. The van der Waals surface area contributed by atoms with Crippen LogP contribution in [0.5, 0.6) is 0 Å². The minimum absolute atomic E-state index is 0.0113. The number of hydrogen-bond donors (Lipinski definition) is 1. The number of nitrogens with zero attached hydrogens (tertiary/aromatic N) is 4. The summed E-state index contributed by atoms with van der Waals surface area (Å²) in [4.78, 5) is 32.2. The van der Waals surface area contributed by atoms with Crippen molar-refractivity contribution in [2.45, 2.75) is 19.3 Å². The molecule has 1 aromatic heterocycles. The Hall–Kier alpha value is -1.98. The van der Waals surface area contributed by atoms with Gasteiger partial charge in [0.15, 0.2) is 0 Å². The van der Waals surface area contributed by atoms with Crippen molar-refractivity contribution < 1.29 is 9.59 Å². The van der Waals surface area contributed by atoms with Gasteiger partial charge in [-0.25, -0.2) is 4.98 Å². The Labute approximate surface area is 156 Å². The van der Waals surface area contributed by atoms with Crippen molar-refractivity contribution in [3.8, 4) is 6.07 Å². The van der Waals surface area contributed by atoms with E-state index >= 15 is 0 Å². The first-order chi connectivity index (χ1) is 12.0. The van der Waals surface area contributed by atoms with Gasteiger partial charge in [0.05, 0.1) is 19.0 Å². The van der Waals surface area contributed by atoms with Crippen molar-refractivity contribution in [1.29, 1.82) is 5.26 Å². The number of amides is 2. The molecule has 0 saturated carbocycles. The summed E-state index contributed by atoms with van der Waals surface area (Å²) in [6.07, 6.45) is 3.43. The monoisotopic (exact) mass is 407 g/mol. The maximum absolute atomic E-state index is 12.3. The maximum atomic E-state index is 12.3. The normalized spacial score (nSPS) is 15.4. The smallest absolute Gasteiger partial charge is 0.236 e. The minimum atomic E-state index is -0.0619. The van der Waals surface area contributed by atoms with Crippen molar-refractivity contribution in [3.63, 3.8) is 0 Å². The fourth-order valence-corrected chi connectivity index (χ4v) is 2.92. The summed E-state index contributed by atoms with van der Waals surface area (Å²) in [5, 5.41) is 11.4. The number of nitrogens with one attached hydrogen (secondary N) is 1. The third-order valence-electron chi connectivity index (χ3n) is 4.28. The fourth-order valence-electron chi connectivity index (χ4n) is 2.69. The molecule has 0 aliphatic carbocycles. The molecule has 1 N–H and O–H groups in total. The maximum Gasteiger partial charge on any atom is 0.236 e. The van der Waals surface area contributed by atoms with Crippen LogP contribution in [0.3, 0.4) is 0 Å². The number of anilines is 1. The van der Waals surface area contributed by atoms with E-state index in [1.165, 1.54) is 0 Å². The van der Waals surface area contributed by atoms with Gasteiger partial charge in [0.2, 0.25) is 11.8 Å². The molecule has 8 heteroatoms. The van der Waals surface area contributed by atoms with E-state index in [1.54, 1.807) is 24.2 Å². The highest BCUT2D eigenvalue weighted by Gasteiger charge is 2.26. The van der Waals surface area contributed by atoms with E-state index in [0.717, 1.165) is 17.3 Å². The molecule has 2 heterocycles. The molecule has 0 unspecified atom stereocenters. The number of likely N-dealkylation sites (tertiary alicyclic amines) is 1. The summed E-state index contributed by atoms with van der Waals surface area (Å²) >= 11 is 3.31. The topological polar surface area (TPSA) is 89.3 Å². The third-order valence-corrected chi connectivity index (χ3v) is 4.75. The molecule has 0 atom stereocenters. The Morgan fingerprint density at radius 1 is 1.44 bits per heavy atom. The van der Waals surface area contributed by atoms with Gasteiger partial charge >= 0.3 is 0 Å². The van der Waals surface area contributed by atoms with E-state index in [2.05, 4.69) is 31.1 Å². The molecule has 1 saturated heterocycles. The van der Waals surface area contributed by atoms with Crippen LogP contribution < -0.4 is 5.32 Å². The standard InChI is InChI=1S/C17H22BrN5O2/c1-22(8-2-7-19)16(24)12-23-9-5-13(6-10-23)17(25)21-15-4-3-14(18)11-20-15/h3-4,11,13H,2,5-6,8-10,12H2,1H3,(H,20,21,25). The minimum Gasteiger partial charge on any atom is -0.344 e. The molecule has 0 bridgehead atoms. The number of piperidine rings is 1. The van der Waals surface area contributed by atoms with Crippen molar-refractivity contribution in [3.05, 3.63) is 22.8 Å². The first-order valence-electron chi connectivity index (χ1n) is 8.25. The number of halogens is 1. The van der Waals surface area contributed by atoms with Gasteiger partial charge < -0.3 is 10.2 Å². The van der Waals surface area contributed by atoms with Gasteiger partial charge in [0, 0.05) is 30.2 Å². The molecular weight excluding hydrogens is 386 g/mol. The number of pyridine rings is 1. The van der Waals surface area contributed by atoms with Crippen LogP contribution in [0, 0.1) is 17.2 Å². The Morgan fingerprint density at radius 2 is 2.16 bits per heavy atom. The summed E-state index contributed by atoms with van der Waals surface area (Å²) in [6, 6.07) is 5.63. The Kier molecular flexibility index (Phi) is 7.34. The summed E-state index contributed by atoms with van der Waals surface area (Å²) in [7, 11) is 1.71. The van der Waals surface area contributed by atoms with Gasteiger partial charge in [-0.2, -0.15) is 5.26 Å². The summed E-state index contributed by atoms with van der Waals surface area (Å²) < 4.78 is 0.864. The molecule has 2 rings (SSSR count). The number of carbonyl (C=O) groups excluding carboxylic acids is 2. The predicted molar refractivity (Wildman–Crippen MR) is 97.6 cm³/mol. The van der Waals surface area contributed by atoms with Gasteiger partial charge in [-0.1, -0.05) is 0 Å². The quantitative estimate of drug-likeness (QED) is 0.776. The number of likely N-dealkylation sites (N-methyl/N-ethyl adjacent to an activating group) is 1. The molecule has 7 nitrogen and oxygen atoms in total. The first-order valence-corrected chi connectivity index (χ1v) is 9.04. The van der Waals surface area contributed by atoms with E-state index in [-0.39, 0.29) is 17.7 Å². The molecule has 1 fully saturated rings. The second kappa shape index (κ2) is 9.49. The van der Waals surface area contributed by atoms with E-state index < -0.39 is 0 Å². The van der Waals surface area contributed by atoms with Crippen LogP contribution in [0.25, 0.3) is 0 Å². The predicted octanol–water partition coefficient (Wildman–Crippen LogP) is 1.87. The SMILES string of the molecule is CN(CCC#N)C(=O)CN1CCC(C(=O)Nc2ccc(Br)cn2)CC1. The average Bonchev–Trinajstić information content (AvgIpc) is 2.62. The van der Waals surface area contributed by atoms with Crippen LogP contribution in [0.15, 0.2) is 22.8 Å². The van der Waals surface area contributed by atoms with Crippen molar-refractivity contribution in [1.82, 2.24) is 14.8 Å². The third kappa shape index (κ3) is 6.11. The van der Waals surface area contributed by atoms with Crippen LogP contribution in [-0.2, 0) is 9.59 Å². The zero-order valence-corrected chi connectivity index (χ0v) is 15.8. The lowest BCUT2D eigenvalue weighted by molar-refractivity contribution is -0.131. The molecule has 0 spiro atoms. The highest BCUT2D eigenvalue weighted by Crippen LogP contribution is 2.19. The summed E-state index contributed by atoms with van der Waals surface area (Å²) in [5.74, 6) is 0.474. The molecule has 25 heavy (non-hydrogen) atoms. The van der Waals surface area contributed by atoms with E-state index in [0.29, 0.717) is 38.4 Å². The fraction of sp³-hybridized carbons (Fsp3) is 0.529. The molecule has 134 valence electrons. The molecular formula is C17H22BrN5O2. The van der Waals surface area contributed by atoms with Crippen LogP contribution in [0.4, 0.5) is 5.82 Å². The van der Waals surface area contributed by atoms with Crippen LogP contribution in [0.1, 0.15) is 19.3 Å².